The molecule has 2 rings (SSSR count). The Morgan fingerprint density at radius 3 is 2.87 bits per heavy atom. The fourth-order valence-corrected chi connectivity index (χ4v) is 1.43. The Bertz CT molecular complexity index is 450. The molecule has 5 heteroatoms. The molecule has 0 saturated carbocycles. The molecule has 0 aliphatic heterocycles. The van der Waals surface area contributed by atoms with Gasteiger partial charge in [-0.25, -0.2) is 14.1 Å². The molecule has 15 heavy (non-hydrogen) atoms. The van der Waals surface area contributed by atoms with Crippen LogP contribution >= 0.6 is 0 Å². The second-order valence-electron chi connectivity index (χ2n) is 3.33. The minimum atomic E-state index is -0.300. The Morgan fingerprint density at radius 1 is 1.47 bits per heavy atom. The van der Waals surface area contributed by atoms with E-state index in [4.69, 9.17) is 5.73 Å². The lowest BCUT2D eigenvalue weighted by molar-refractivity contribution is 0.620. The van der Waals surface area contributed by atoms with Crippen molar-refractivity contribution in [3.05, 3.63) is 42.2 Å². The summed E-state index contributed by atoms with van der Waals surface area (Å²) in [5.74, 6) is -0.300. The monoisotopic (exact) mass is 206 g/mol. The summed E-state index contributed by atoms with van der Waals surface area (Å²) in [5.41, 5.74) is 7.22. The minimum Gasteiger partial charge on any atom is -0.324 e. The van der Waals surface area contributed by atoms with Gasteiger partial charge in [-0.05, 0) is 30.7 Å². The van der Waals surface area contributed by atoms with Gasteiger partial charge in [0.15, 0.2) is 0 Å². The van der Waals surface area contributed by atoms with E-state index in [1.54, 1.807) is 24.0 Å². The van der Waals surface area contributed by atoms with Gasteiger partial charge in [0.25, 0.3) is 0 Å². The molecule has 1 aromatic heterocycles. The average molecular weight is 206 g/mol. The highest BCUT2D eigenvalue weighted by Gasteiger charge is 2.10. The van der Waals surface area contributed by atoms with Gasteiger partial charge in [-0.3, -0.25) is 0 Å². The molecule has 2 N–H and O–H groups in total. The lowest BCUT2D eigenvalue weighted by atomic mass is 10.1. The van der Waals surface area contributed by atoms with Gasteiger partial charge in [-0.2, -0.15) is 5.10 Å². The lowest BCUT2D eigenvalue weighted by Gasteiger charge is -2.12. The first-order chi connectivity index (χ1) is 7.18. The predicted octanol–water partition coefficient (Wildman–Crippen LogP) is 1.43. The summed E-state index contributed by atoms with van der Waals surface area (Å²) in [6, 6.07) is 4.19. The first-order valence-corrected chi connectivity index (χ1v) is 4.58. The number of rotatable bonds is 2. The fourth-order valence-electron chi connectivity index (χ4n) is 1.43. The molecule has 0 fully saturated rings. The van der Waals surface area contributed by atoms with Gasteiger partial charge in [0.1, 0.15) is 18.5 Å². The van der Waals surface area contributed by atoms with E-state index in [9.17, 15) is 4.39 Å². The van der Waals surface area contributed by atoms with Crippen LogP contribution in [-0.2, 0) is 0 Å². The topological polar surface area (TPSA) is 56.7 Å². The van der Waals surface area contributed by atoms with Crippen molar-refractivity contribution in [1.29, 1.82) is 0 Å². The third kappa shape index (κ3) is 1.87. The Hall–Kier alpha value is -1.75. The second-order valence-corrected chi connectivity index (χ2v) is 3.33. The number of hydrogen-bond donors (Lipinski definition) is 1. The molecule has 0 spiro atoms. The molecule has 4 nitrogen and oxygen atoms in total. The molecule has 0 aliphatic rings. The third-order valence-electron chi connectivity index (χ3n) is 2.15. The maximum atomic E-state index is 13.0. The summed E-state index contributed by atoms with van der Waals surface area (Å²) in [6.45, 7) is 1.80. The van der Waals surface area contributed by atoms with Crippen molar-refractivity contribution in [2.75, 3.05) is 0 Å². The van der Waals surface area contributed by atoms with Gasteiger partial charge < -0.3 is 5.73 Å². The Kier molecular flexibility index (Phi) is 2.47. The molecule has 0 saturated heterocycles. The standard InChI is InChI=1S/C10H11FN4/c1-7(12)9-4-8(11)2-3-10(9)15-6-13-5-14-15/h2-7H,12H2,1H3/t7-/m0/s1. The van der Waals surface area contributed by atoms with Crippen molar-refractivity contribution in [2.24, 2.45) is 5.73 Å². The van der Waals surface area contributed by atoms with E-state index in [2.05, 4.69) is 10.1 Å². The fraction of sp³-hybridized carbons (Fsp3) is 0.200. The van der Waals surface area contributed by atoms with Crippen LogP contribution in [0.15, 0.2) is 30.9 Å². The van der Waals surface area contributed by atoms with E-state index in [1.807, 2.05) is 0 Å². The first-order valence-electron chi connectivity index (χ1n) is 4.58. The molecule has 2 aromatic rings. The normalized spacial score (nSPS) is 12.7. The molecule has 78 valence electrons. The summed E-state index contributed by atoms with van der Waals surface area (Å²) in [4.78, 5) is 3.84. The van der Waals surface area contributed by atoms with Crippen LogP contribution in [-0.4, -0.2) is 14.8 Å². The van der Waals surface area contributed by atoms with Crippen LogP contribution in [0.3, 0.4) is 0 Å². The van der Waals surface area contributed by atoms with Crippen LogP contribution in [0.4, 0.5) is 4.39 Å². The largest absolute Gasteiger partial charge is 0.324 e. The van der Waals surface area contributed by atoms with Crippen molar-refractivity contribution in [3.8, 4) is 5.69 Å². The van der Waals surface area contributed by atoms with Crippen molar-refractivity contribution in [3.63, 3.8) is 0 Å². The van der Waals surface area contributed by atoms with Gasteiger partial charge >= 0.3 is 0 Å². The third-order valence-corrected chi connectivity index (χ3v) is 2.15. The van der Waals surface area contributed by atoms with Crippen LogP contribution < -0.4 is 5.73 Å². The van der Waals surface area contributed by atoms with Crippen molar-refractivity contribution >= 4 is 0 Å². The molecule has 0 bridgehead atoms. The van der Waals surface area contributed by atoms with Gasteiger partial charge in [-0.1, -0.05) is 0 Å². The first kappa shape index (κ1) is 9.79. The maximum Gasteiger partial charge on any atom is 0.138 e. The Morgan fingerprint density at radius 2 is 2.27 bits per heavy atom. The molecule has 0 radical (unpaired) electrons. The van der Waals surface area contributed by atoms with Crippen LogP contribution in [0.5, 0.6) is 0 Å². The van der Waals surface area contributed by atoms with Crippen molar-refractivity contribution < 1.29 is 4.39 Å². The van der Waals surface area contributed by atoms with E-state index >= 15 is 0 Å². The quantitative estimate of drug-likeness (QED) is 0.808. The smallest absolute Gasteiger partial charge is 0.138 e. The molecular formula is C10H11FN4. The highest BCUT2D eigenvalue weighted by Crippen LogP contribution is 2.20. The van der Waals surface area contributed by atoms with Crippen LogP contribution in [0.25, 0.3) is 5.69 Å². The average Bonchev–Trinajstić information content (AvgIpc) is 2.70. The molecular weight excluding hydrogens is 195 g/mol. The van der Waals surface area contributed by atoms with Gasteiger partial charge in [0.2, 0.25) is 0 Å². The Balaban J connectivity index is 2.56. The zero-order chi connectivity index (χ0) is 10.8. The lowest BCUT2D eigenvalue weighted by Crippen LogP contribution is -2.10. The SMILES string of the molecule is C[C@H](N)c1cc(F)ccc1-n1cncn1. The number of halogens is 1. The van der Waals surface area contributed by atoms with Crippen LogP contribution in [0.2, 0.25) is 0 Å². The van der Waals surface area contributed by atoms with E-state index in [-0.39, 0.29) is 11.9 Å². The molecule has 0 aliphatic carbocycles. The summed E-state index contributed by atoms with van der Waals surface area (Å²) < 4.78 is 14.6. The summed E-state index contributed by atoms with van der Waals surface area (Å²) in [7, 11) is 0. The van der Waals surface area contributed by atoms with E-state index in [1.165, 1.54) is 18.5 Å². The highest BCUT2D eigenvalue weighted by atomic mass is 19.1. The number of hydrogen-bond acceptors (Lipinski definition) is 3. The zero-order valence-corrected chi connectivity index (χ0v) is 8.26. The van der Waals surface area contributed by atoms with Crippen LogP contribution in [0, 0.1) is 5.82 Å². The summed E-state index contributed by atoms with van der Waals surface area (Å²) in [5, 5.41) is 3.99. The molecule has 0 amide bonds. The van der Waals surface area contributed by atoms with Gasteiger partial charge in [-0.15, -0.1) is 0 Å². The van der Waals surface area contributed by atoms with E-state index in [0.29, 0.717) is 5.56 Å². The van der Waals surface area contributed by atoms with Crippen LogP contribution in [0.1, 0.15) is 18.5 Å². The molecule has 1 heterocycles. The number of nitrogens with two attached hydrogens (primary N) is 1. The molecule has 1 aromatic carbocycles. The summed E-state index contributed by atoms with van der Waals surface area (Å²) >= 11 is 0. The number of nitrogens with zero attached hydrogens (tertiary/aromatic N) is 3. The predicted molar refractivity (Wildman–Crippen MR) is 53.9 cm³/mol. The minimum absolute atomic E-state index is 0.250. The van der Waals surface area contributed by atoms with E-state index < -0.39 is 0 Å². The second kappa shape index (κ2) is 3.78. The van der Waals surface area contributed by atoms with Gasteiger partial charge in [0, 0.05) is 6.04 Å². The van der Waals surface area contributed by atoms with Gasteiger partial charge in [0.05, 0.1) is 5.69 Å². The highest BCUT2D eigenvalue weighted by molar-refractivity contribution is 5.41. The van der Waals surface area contributed by atoms with E-state index in [0.717, 1.165) is 5.69 Å². The number of aromatic nitrogens is 3. The van der Waals surface area contributed by atoms with Crippen molar-refractivity contribution in [1.82, 2.24) is 14.8 Å². The summed E-state index contributed by atoms with van der Waals surface area (Å²) in [6.07, 6.45) is 2.98. The Labute approximate surface area is 86.6 Å². The number of benzene rings is 1. The molecule has 1 atom stereocenters. The zero-order valence-electron chi connectivity index (χ0n) is 8.26. The maximum absolute atomic E-state index is 13.0. The van der Waals surface area contributed by atoms with Crippen molar-refractivity contribution in [2.45, 2.75) is 13.0 Å². The molecule has 0 unspecified atom stereocenters.